The van der Waals surface area contributed by atoms with E-state index in [0.29, 0.717) is 0 Å². The van der Waals surface area contributed by atoms with Gasteiger partial charge in [0.1, 0.15) is 0 Å². The van der Waals surface area contributed by atoms with Crippen LogP contribution < -0.4 is 9.80 Å². The highest BCUT2D eigenvalue weighted by atomic mass is 32.1. The standard InChI is InChI=1S/C48H49N2S/c1-7-49-40-29-25-33-17-12-14-23-38(33)44(40)47(3,4)42(49)31-27-35-19-16-20-36(46(35)51-37-21-10-9-11-22-37)28-32-43-48(5,6)45-39-24-15-13-18-34(39)26-30-41(45)50(43)8-2/h9-15,17-18,21-32H,7-8,16,19-20H2,1-6H3/q+1/b35-27+,36-28?,42-31+,43-32+. The van der Waals surface area contributed by atoms with Crippen LogP contribution in [0.5, 0.6) is 0 Å². The van der Waals surface area contributed by atoms with Crippen LogP contribution in [0.4, 0.5) is 11.4 Å². The number of hydrogen-bond acceptors (Lipinski definition) is 2. The second kappa shape index (κ2) is 13.1. The molecular formula is C48H49N2S+. The molecule has 3 aliphatic rings. The molecule has 2 aliphatic heterocycles. The molecule has 2 nitrogen and oxygen atoms in total. The third-order valence-electron chi connectivity index (χ3n) is 11.5. The zero-order valence-corrected chi connectivity index (χ0v) is 31.8. The molecule has 0 amide bonds. The highest BCUT2D eigenvalue weighted by Crippen LogP contribution is 2.52. The molecule has 8 rings (SSSR count). The fourth-order valence-corrected chi connectivity index (χ4v) is 10.2. The summed E-state index contributed by atoms with van der Waals surface area (Å²) in [6, 6.07) is 37.9. The van der Waals surface area contributed by atoms with Crippen molar-refractivity contribution in [2.45, 2.75) is 76.5 Å². The van der Waals surface area contributed by atoms with Gasteiger partial charge >= 0.3 is 0 Å². The van der Waals surface area contributed by atoms with Gasteiger partial charge in [-0.1, -0.05) is 119 Å². The molecule has 0 bridgehead atoms. The van der Waals surface area contributed by atoms with Gasteiger partial charge in [-0.05, 0) is 90.1 Å². The maximum Gasteiger partial charge on any atom is 0.237 e. The number of hydrogen-bond donors (Lipinski definition) is 0. The molecule has 0 saturated heterocycles. The van der Waals surface area contributed by atoms with Crippen molar-refractivity contribution in [2.75, 3.05) is 22.9 Å². The zero-order valence-electron chi connectivity index (χ0n) is 31.0. The predicted molar refractivity (Wildman–Crippen MR) is 223 cm³/mol. The van der Waals surface area contributed by atoms with Crippen molar-refractivity contribution in [3.63, 3.8) is 0 Å². The Morgan fingerprint density at radius 1 is 0.549 bits per heavy atom. The number of allylic oxidation sites excluding steroid dienone is 8. The number of benzene rings is 5. The van der Waals surface area contributed by atoms with Gasteiger partial charge in [-0.2, -0.15) is 0 Å². The van der Waals surface area contributed by atoms with Crippen LogP contribution in [0.1, 0.15) is 71.9 Å². The van der Waals surface area contributed by atoms with Gasteiger partial charge in [0, 0.05) is 70.0 Å². The Labute approximate surface area is 308 Å². The van der Waals surface area contributed by atoms with Gasteiger partial charge in [0.2, 0.25) is 21.1 Å². The van der Waals surface area contributed by atoms with Gasteiger partial charge in [0.05, 0.1) is 0 Å². The summed E-state index contributed by atoms with van der Waals surface area (Å²) in [6.45, 7) is 16.1. The molecule has 5 aromatic carbocycles. The van der Waals surface area contributed by atoms with E-state index < -0.39 is 0 Å². The molecule has 0 spiro atoms. The molecular weight excluding hydrogens is 637 g/mol. The van der Waals surface area contributed by atoms with Crippen LogP contribution in [0.15, 0.2) is 155 Å². The van der Waals surface area contributed by atoms with Gasteiger partial charge in [-0.25, -0.2) is 0 Å². The molecule has 51 heavy (non-hydrogen) atoms. The molecule has 0 atom stereocenters. The third-order valence-corrected chi connectivity index (χ3v) is 12.7. The smallest absolute Gasteiger partial charge is 0.237 e. The Morgan fingerprint density at radius 3 is 1.47 bits per heavy atom. The molecule has 3 heteroatoms. The summed E-state index contributed by atoms with van der Waals surface area (Å²) in [6.07, 6.45) is 13.1. The molecule has 2 heterocycles. The van der Waals surface area contributed by atoms with Crippen LogP contribution in [0, 0.1) is 0 Å². The summed E-state index contributed by atoms with van der Waals surface area (Å²) < 4.78 is 0. The molecule has 1 fully saturated rings. The van der Waals surface area contributed by atoms with Gasteiger partial charge in [-0.3, -0.25) is 0 Å². The Morgan fingerprint density at radius 2 is 1.00 bits per heavy atom. The van der Waals surface area contributed by atoms with Crippen LogP contribution in [0.3, 0.4) is 0 Å². The summed E-state index contributed by atoms with van der Waals surface area (Å²) in [7, 11) is 0. The number of anilines is 2. The maximum absolute atomic E-state index is 2.54. The Hall–Kier alpha value is -4.73. The quantitative estimate of drug-likeness (QED) is 0.103. The molecule has 0 N–H and O–H groups in total. The lowest BCUT2D eigenvalue weighted by atomic mass is 9.80. The van der Waals surface area contributed by atoms with Crippen molar-refractivity contribution in [3.8, 4) is 0 Å². The van der Waals surface area contributed by atoms with Crippen LogP contribution in [0.2, 0.25) is 0 Å². The Bertz CT molecular complexity index is 2170. The zero-order chi connectivity index (χ0) is 35.3. The van der Waals surface area contributed by atoms with E-state index in [0.717, 1.165) is 32.4 Å². The molecule has 0 unspecified atom stereocenters. The first-order valence-corrected chi connectivity index (χ1v) is 19.6. The second-order valence-electron chi connectivity index (χ2n) is 15.2. The van der Waals surface area contributed by atoms with E-state index in [4.69, 9.17) is 0 Å². The minimum absolute atomic E-state index is 0.107. The number of nitrogens with zero attached hydrogens (tertiary/aromatic N) is 2. The van der Waals surface area contributed by atoms with Gasteiger partial charge in [0.15, 0.2) is 0 Å². The largest absolute Gasteiger partial charge is 0.344 e. The van der Waals surface area contributed by atoms with Gasteiger partial charge in [0.25, 0.3) is 0 Å². The molecule has 1 saturated carbocycles. The van der Waals surface area contributed by atoms with Crippen LogP contribution in [-0.2, 0) is 22.2 Å². The highest BCUT2D eigenvalue weighted by molar-refractivity contribution is 7.79. The summed E-state index contributed by atoms with van der Waals surface area (Å²) in [5, 5.41) is 5.36. The topological polar surface area (TPSA) is 6.48 Å². The fraction of sp³-hybridized carbons (Fsp3) is 0.271. The van der Waals surface area contributed by atoms with Crippen molar-refractivity contribution in [1.29, 1.82) is 0 Å². The minimum Gasteiger partial charge on any atom is -0.344 e. The molecule has 0 aromatic heterocycles. The lowest BCUT2D eigenvalue weighted by molar-refractivity contribution is 0.638. The molecule has 0 radical (unpaired) electrons. The third kappa shape index (κ3) is 5.58. The number of fused-ring (bicyclic) bond motifs is 6. The first kappa shape index (κ1) is 33.4. The van der Waals surface area contributed by atoms with Gasteiger partial charge < -0.3 is 9.80 Å². The Kier molecular flexibility index (Phi) is 8.59. The minimum atomic E-state index is -0.107. The second-order valence-corrected chi connectivity index (χ2v) is 16.3. The van der Waals surface area contributed by atoms with Crippen molar-refractivity contribution in [3.05, 3.63) is 161 Å². The summed E-state index contributed by atoms with van der Waals surface area (Å²) in [5.41, 5.74) is 11.0. The highest BCUT2D eigenvalue weighted by Gasteiger charge is 2.42. The number of rotatable bonds is 5. The average molecular weight is 686 g/mol. The fourth-order valence-electron chi connectivity index (χ4n) is 9.07. The molecule has 256 valence electrons. The predicted octanol–water partition coefficient (Wildman–Crippen LogP) is 12.0. The van der Waals surface area contributed by atoms with E-state index in [1.54, 1.807) is 0 Å². The van der Waals surface area contributed by atoms with E-state index >= 15 is 0 Å². The van der Waals surface area contributed by atoms with E-state index in [-0.39, 0.29) is 10.8 Å². The Balaban J connectivity index is 1.23. The van der Waals surface area contributed by atoms with Crippen LogP contribution in [-0.4, -0.2) is 18.0 Å². The van der Waals surface area contributed by atoms with Crippen molar-refractivity contribution >= 4 is 49.1 Å². The SMILES string of the molecule is CCN1/C(=C/C=C2CCC/C(=C\C=C3\N(CC)c4ccc5ccccc5c4C3(C)C)C2=[S+]c2ccccc2)C(C)(C)c2c1ccc1ccccc21. The van der Waals surface area contributed by atoms with Crippen LogP contribution in [0.25, 0.3) is 21.5 Å². The van der Waals surface area contributed by atoms with Crippen molar-refractivity contribution in [1.82, 2.24) is 0 Å². The molecule has 1 aliphatic carbocycles. The molecule has 5 aromatic rings. The van der Waals surface area contributed by atoms with E-state index in [9.17, 15) is 0 Å². The summed E-state index contributed by atoms with van der Waals surface area (Å²) in [5.74, 6) is 0. The van der Waals surface area contributed by atoms with Crippen LogP contribution >= 0.6 is 0 Å². The monoisotopic (exact) mass is 685 g/mol. The normalized spacial score (nSPS) is 21.9. The lowest BCUT2D eigenvalue weighted by Crippen LogP contribution is -2.26. The average Bonchev–Trinajstić information content (AvgIpc) is 3.52. The van der Waals surface area contributed by atoms with Crippen molar-refractivity contribution in [2.24, 2.45) is 0 Å². The number of likely N-dealkylation sites (N-methyl/N-ethyl adjacent to an activating group) is 2. The van der Waals surface area contributed by atoms with E-state index in [1.165, 1.54) is 76.3 Å². The van der Waals surface area contributed by atoms with Crippen molar-refractivity contribution < 1.29 is 0 Å². The van der Waals surface area contributed by atoms with E-state index in [1.807, 2.05) is 11.4 Å². The first-order chi connectivity index (χ1) is 24.7. The summed E-state index contributed by atoms with van der Waals surface area (Å²) in [4.78, 5) is 7.77. The maximum atomic E-state index is 2.54. The van der Waals surface area contributed by atoms with Gasteiger partial charge in [-0.15, -0.1) is 0 Å². The van der Waals surface area contributed by atoms with E-state index in [2.05, 4.69) is 179 Å². The summed E-state index contributed by atoms with van der Waals surface area (Å²) >= 11 is 1.93. The lowest BCUT2D eigenvalue weighted by Gasteiger charge is -2.26. The first-order valence-electron chi connectivity index (χ1n) is 18.8.